The second-order valence-electron chi connectivity index (χ2n) is 4.90. The van der Waals surface area contributed by atoms with E-state index in [1.807, 2.05) is 36.4 Å². The summed E-state index contributed by atoms with van der Waals surface area (Å²) < 4.78 is 5.47. The van der Waals surface area contributed by atoms with E-state index in [4.69, 9.17) is 10.00 Å². The molecule has 0 spiro atoms. The molecule has 1 aromatic rings. The Labute approximate surface area is 118 Å². The third-order valence-corrected chi connectivity index (χ3v) is 3.62. The number of nitriles is 1. The van der Waals surface area contributed by atoms with Gasteiger partial charge in [-0.2, -0.15) is 5.26 Å². The van der Waals surface area contributed by atoms with Crippen molar-refractivity contribution in [2.75, 3.05) is 6.61 Å². The number of amides is 1. The number of carbonyl (C=O) groups is 1. The molecule has 5 nitrogen and oxygen atoms in total. The first-order chi connectivity index (χ1) is 9.72. The summed E-state index contributed by atoms with van der Waals surface area (Å²) >= 11 is 0. The van der Waals surface area contributed by atoms with Crippen molar-refractivity contribution in [1.29, 1.82) is 5.26 Å². The van der Waals surface area contributed by atoms with Gasteiger partial charge in [-0.15, -0.1) is 0 Å². The fraction of sp³-hybridized carbons (Fsp3) is 0.467. The highest BCUT2D eigenvalue weighted by Gasteiger charge is 2.35. The van der Waals surface area contributed by atoms with E-state index in [2.05, 4.69) is 0 Å². The third kappa shape index (κ3) is 3.49. The normalized spacial score (nSPS) is 21.4. The summed E-state index contributed by atoms with van der Waals surface area (Å²) in [6, 6.07) is 11.3. The van der Waals surface area contributed by atoms with Crippen molar-refractivity contribution < 1.29 is 14.6 Å². The van der Waals surface area contributed by atoms with Gasteiger partial charge in [-0.05, 0) is 24.8 Å². The van der Waals surface area contributed by atoms with Crippen LogP contribution in [0.2, 0.25) is 0 Å². The van der Waals surface area contributed by atoms with Gasteiger partial charge in [0.15, 0.2) is 0 Å². The van der Waals surface area contributed by atoms with Gasteiger partial charge >= 0.3 is 6.09 Å². The molecule has 2 atom stereocenters. The van der Waals surface area contributed by atoms with Crippen LogP contribution in [0, 0.1) is 11.3 Å². The number of nitrogens with zero attached hydrogens (tertiary/aromatic N) is 2. The van der Waals surface area contributed by atoms with Crippen LogP contribution in [-0.2, 0) is 11.3 Å². The zero-order valence-electron chi connectivity index (χ0n) is 11.2. The van der Waals surface area contributed by atoms with E-state index in [0.717, 1.165) is 24.8 Å². The van der Waals surface area contributed by atoms with Crippen LogP contribution < -0.4 is 0 Å². The predicted octanol–water partition coefficient (Wildman–Crippen LogP) is 2.63. The van der Waals surface area contributed by atoms with Gasteiger partial charge in [0.2, 0.25) is 0 Å². The van der Waals surface area contributed by atoms with E-state index < -0.39 is 6.09 Å². The van der Waals surface area contributed by atoms with Crippen molar-refractivity contribution in [2.45, 2.75) is 38.0 Å². The zero-order valence-corrected chi connectivity index (χ0v) is 11.2. The average Bonchev–Trinajstić information content (AvgIpc) is 2.91. The fourth-order valence-electron chi connectivity index (χ4n) is 2.71. The van der Waals surface area contributed by atoms with Crippen LogP contribution in [0.1, 0.15) is 24.8 Å². The number of hydrogen-bond donors (Lipinski definition) is 1. The molecule has 0 bridgehead atoms. The first-order valence-corrected chi connectivity index (χ1v) is 6.74. The van der Waals surface area contributed by atoms with Crippen molar-refractivity contribution >= 4 is 6.09 Å². The van der Waals surface area contributed by atoms with Crippen LogP contribution in [-0.4, -0.2) is 34.9 Å². The third-order valence-electron chi connectivity index (χ3n) is 3.62. The lowest BCUT2D eigenvalue weighted by molar-refractivity contribution is 0.0172. The molecule has 0 aliphatic heterocycles. The molecule has 1 aliphatic carbocycles. The van der Waals surface area contributed by atoms with E-state index in [0.29, 0.717) is 6.54 Å². The molecule has 0 saturated heterocycles. The summed E-state index contributed by atoms with van der Waals surface area (Å²) in [4.78, 5) is 13.0. The summed E-state index contributed by atoms with van der Waals surface area (Å²) in [6.07, 6.45) is 1.42. The zero-order chi connectivity index (χ0) is 14.4. The quantitative estimate of drug-likeness (QED) is 0.895. The van der Waals surface area contributed by atoms with Gasteiger partial charge in [-0.1, -0.05) is 30.3 Å². The van der Waals surface area contributed by atoms with E-state index in [-0.39, 0.29) is 18.8 Å². The predicted molar refractivity (Wildman–Crippen MR) is 73.0 cm³/mol. The van der Waals surface area contributed by atoms with Gasteiger partial charge in [0, 0.05) is 6.54 Å². The Morgan fingerprint density at radius 2 is 2.15 bits per heavy atom. The van der Waals surface area contributed by atoms with Crippen molar-refractivity contribution in [1.82, 2.24) is 4.90 Å². The molecule has 1 saturated carbocycles. The highest BCUT2D eigenvalue weighted by Crippen LogP contribution is 2.28. The van der Waals surface area contributed by atoms with E-state index >= 15 is 0 Å². The maximum absolute atomic E-state index is 11.5. The Morgan fingerprint density at radius 3 is 2.80 bits per heavy atom. The van der Waals surface area contributed by atoms with Gasteiger partial charge in [0.05, 0.1) is 18.2 Å². The van der Waals surface area contributed by atoms with Gasteiger partial charge < -0.3 is 9.84 Å². The second kappa shape index (κ2) is 6.92. The van der Waals surface area contributed by atoms with Crippen LogP contribution in [0.5, 0.6) is 0 Å². The smallest absolute Gasteiger partial charge is 0.407 e. The molecule has 0 heterocycles. The number of ether oxygens (including phenoxy) is 1. The Kier molecular flexibility index (Phi) is 4.97. The highest BCUT2D eigenvalue weighted by atomic mass is 16.5. The molecule has 0 aromatic heterocycles. The molecule has 1 fully saturated rings. The molecular weight excluding hydrogens is 256 g/mol. The number of hydrogen-bond acceptors (Lipinski definition) is 3. The summed E-state index contributed by atoms with van der Waals surface area (Å²) in [5, 5.41) is 18.0. The van der Waals surface area contributed by atoms with Gasteiger partial charge in [-0.25, -0.2) is 4.79 Å². The van der Waals surface area contributed by atoms with Crippen molar-refractivity contribution in [2.24, 2.45) is 0 Å². The Balaban J connectivity index is 2.08. The number of benzene rings is 1. The maximum Gasteiger partial charge on any atom is 0.407 e. The summed E-state index contributed by atoms with van der Waals surface area (Å²) in [7, 11) is 0. The highest BCUT2D eigenvalue weighted by molar-refractivity contribution is 5.65. The standard InChI is InChI=1S/C15H18N2O3/c16-9-10-20-14-8-4-7-13(14)17(15(18)19)11-12-5-2-1-3-6-12/h1-3,5-6,13-14H,4,7-8,10-11H2,(H,18,19)/t13-,14-/m0/s1. The minimum Gasteiger partial charge on any atom is -0.465 e. The molecule has 5 heteroatoms. The second-order valence-corrected chi connectivity index (χ2v) is 4.90. The fourth-order valence-corrected chi connectivity index (χ4v) is 2.71. The Hall–Kier alpha value is -2.06. The van der Waals surface area contributed by atoms with Crippen molar-refractivity contribution in [3.63, 3.8) is 0 Å². The summed E-state index contributed by atoms with van der Waals surface area (Å²) in [5.74, 6) is 0. The molecule has 1 amide bonds. The largest absolute Gasteiger partial charge is 0.465 e. The average molecular weight is 274 g/mol. The Bertz CT molecular complexity index is 484. The lowest BCUT2D eigenvalue weighted by Crippen LogP contribution is -2.44. The van der Waals surface area contributed by atoms with E-state index in [1.54, 1.807) is 0 Å². The maximum atomic E-state index is 11.5. The molecule has 1 N–H and O–H groups in total. The number of carboxylic acid groups (broad SMARTS) is 1. The Morgan fingerprint density at radius 1 is 1.40 bits per heavy atom. The minimum atomic E-state index is -0.939. The van der Waals surface area contributed by atoms with Crippen LogP contribution in [0.3, 0.4) is 0 Å². The monoisotopic (exact) mass is 274 g/mol. The molecule has 2 rings (SSSR count). The molecule has 0 unspecified atom stereocenters. The van der Waals surface area contributed by atoms with Gasteiger partial charge in [-0.3, -0.25) is 4.90 Å². The first kappa shape index (κ1) is 14.4. The molecule has 0 radical (unpaired) electrons. The van der Waals surface area contributed by atoms with Crippen molar-refractivity contribution in [3.05, 3.63) is 35.9 Å². The van der Waals surface area contributed by atoms with Crippen LogP contribution >= 0.6 is 0 Å². The molecular formula is C15H18N2O3. The van der Waals surface area contributed by atoms with Gasteiger partial charge in [0.1, 0.15) is 6.61 Å². The van der Waals surface area contributed by atoms with Crippen LogP contribution in [0.4, 0.5) is 4.79 Å². The van der Waals surface area contributed by atoms with Crippen molar-refractivity contribution in [3.8, 4) is 6.07 Å². The van der Waals surface area contributed by atoms with Crippen LogP contribution in [0.25, 0.3) is 0 Å². The van der Waals surface area contributed by atoms with Gasteiger partial charge in [0.25, 0.3) is 0 Å². The summed E-state index contributed by atoms with van der Waals surface area (Å²) in [6.45, 7) is 0.368. The van der Waals surface area contributed by atoms with E-state index in [9.17, 15) is 9.90 Å². The number of rotatable bonds is 5. The lowest BCUT2D eigenvalue weighted by Gasteiger charge is -2.30. The lowest BCUT2D eigenvalue weighted by atomic mass is 10.1. The summed E-state index contributed by atoms with van der Waals surface area (Å²) in [5.41, 5.74) is 0.959. The minimum absolute atomic E-state index is 0.0139. The molecule has 106 valence electrons. The molecule has 1 aromatic carbocycles. The first-order valence-electron chi connectivity index (χ1n) is 6.74. The van der Waals surface area contributed by atoms with Crippen LogP contribution in [0.15, 0.2) is 30.3 Å². The molecule has 1 aliphatic rings. The topological polar surface area (TPSA) is 73.6 Å². The molecule has 20 heavy (non-hydrogen) atoms. The SMILES string of the molecule is N#CCO[C@H]1CCC[C@@H]1N(Cc1ccccc1)C(=O)O. The van der Waals surface area contributed by atoms with E-state index in [1.165, 1.54) is 4.90 Å².